The highest BCUT2D eigenvalue weighted by Crippen LogP contribution is 2.25. The minimum absolute atomic E-state index is 0.101. The van der Waals surface area contributed by atoms with Crippen LogP contribution in [0.4, 0.5) is 0 Å². The number of methoxy groups -OCH3 is 2. The van der Waals surface area contributed by atoms with E-state index in [2.05, 4.69) is 42.3 Å². The molecule has 2 aromatic carbocycles. The molecule has 1 fully saturated rings. The molecule has 5 heteroatoms. The van der Waals surface area contributed by atoms with Gasteiger partial charge in [-0.1, -0.05) is 23.8 Å². The van der Waals surface area contributed by atoms with Crippen molar-refractivity contribution in [3.05, 3.63) is 58.7 Å². The second kappa shape index (κ2) is 11.2. The molecule has 0 saturated carbocycles. The first-order valence-electron chi connectivity index (χ1n) is 11.2. The minimum atomic E-state index is 0.101. The third-order valence-electron chi connectivity index (χ3n) is 6.25. The number of nitrogens with zero attached hydrogens (tertiary/aromatic N) is 1. The zero-order valence-electron chi connectivity index (χ0n) is 19.4. The van der Waals surface area contributed by atoms with E-state index in [1.807, 2.05) is 18.2 Å². The average Bonchev–Trinajstić information content (AvgIpc) is 2.78. The fourth-order valence-electron chi connectivity index (χ4n) is 4.36. The fourth-order valence-corrected chi connectivity index (χ4v) is 4.36. The lowest BCUT2D eigenvalue weighted by Gasteiger charge is -2.33. The Bertz CT molecular complexity index is 881. The van der Waals surface area contributed by atoms with Gasteiger partial charge < -0.3 is 14.8 Å². The summed E-state index contributed by atoms with van der Waals surface area (Å²) < 4.78 is 10.6. The molecule has 1 heterocycles. The summed E-state index contributed by atoms with van der Waals surface area (Å²) in [6, 6.07) is 12.4. The maximum Gasteiger partial charge on any atom is 0.220 e. The second-order valence-corrected chi connectivity index (χ2v) is 8.67. The van der Waals surface area contributed by atoms with Gasteiger partial charge in [0.05, 0.1) is 14.2 Å². The number of rotatable bonds is 9. The van der Waals surface area contributed by atoms with E-state index in [-0.39, 0.29) is 5.91 Å². The normalized spacial score (nSPS) is 16.7. The summed E-state index contributed by atoms with van der Waals surface area (Å²) in [5.74, 6) is 2.16. The molecule has 1 N–H and O–H groups in total. The number of aryl methyl sites for hydroxylation is 2. The molecule has 0 spiro atoms. The van der Waals surface area contributed by atoms with Gasteiger partial charge in [-0.05, 0) is 68.8 Å². The summed E-state index contributed by atoms with van der Waals surface area (Å²) in [6.45, 7) is 8.05. The highest BCUT2D eigenvalue weighted by atomic mass is 16.5. The van der Waals surface area contributed by atoms with Crippen molar-refractivity contribution < 1.29 is 14.3 Å². The van der Waals surface area contributed by atoms with Crippen molar-refractivity contribution in [2.24, 2.45) is 5.92 Å². The van der Waals surface area contributed by atoms with Crippen molar-refractivity contribution in [3.8, 4) is 11.5 Å². The molecule has 1 saturated heterocycles. The molecule has 0 unspecified atom stereocenters. The highest BCUT2D eigenvalue weighted by Gasteiger charge is 2.21. The van der Waals surface area contributed by atoms with Crippen molar-refractivity contribution >= 4 is 5.91 Å². The molecular weight excluding hydrogens is 388 g/mol. The average molecular weight is 425 g/mol. The first kappa shape index (κ1) is 23.1. The van der Waals surface area contributed by atoms with Crippen LogP contribution in [0.1, 0.15) is 47.9 Å². The van der Waals surface area contributed by atoms with Crippen molar-refractivity contribution in [2.45, 2.75) is 52.6 Å². The Morgan fingerprint density at radius 3 is 2.71 bits per heavy atom. The molecule has 0 aliphatic carbocycles. The Kier molecular flexibility index (Phi) is 8.35. The molecule has 2 aromatic rings. The molecule has 0 bridgehead atoms. The van der Waals surface area contributed by atoms with E-state index in [0.29, 0.717) is 18.9 Å². The number of carbonyl (C=O) groups excluding carboxylic acids is 1. The van der Waals surface area contributed by atoms with Crippen LogP contribution in [0, 0.1) is 19.8 Å². The molecule has 0 aromatic heterocycles. The maximum absolute atomic E-state index is 12.4. The van der Waals surface area contributed by atoms with E-state index in [4.69, 9.17) is 9.47 Å². The third kappa shape index (κ3) is 6.73. The molecule has 1 amide bonds. The van der Waals surface area contributed by atoms with Gasteiger partial charge in [0.1, 0.15) is 11.5 Å². The standard InChI is InChI=1S/C26H36N2O3/c1-19-7-8-20(2)23(14-19)18-28-13-5-6-21(17-28)9-12-26(29)27-16-22-10-11-24(30-3)15-25(22)31-4/h7-8,10-11,14-15,21H,5-6,9,12-13,16-18H2,1-4H3,(H,27,29)/t21-/m1/s1. The summed E-state index contributed by atoms with van der Waals surface area (Å²) in [4.78, 5) is 15.0. The maximum atomic E-state index is 12.4. The summed E-state index contributed by atoms with van der Waals surface area (Å²) in [5, 5.41) is 3.04. The van der Waals surface area contributed by atoms with Crippen LogP contribution in [0.5, 0.6) is 11.5 Å². The van der Waals surface area contributed by atoms with E-state index in [1.54, 1.807) is 14.2 Å². The van der Waals surface area contributed by atoms with Crippen LogP contribution in [0.2, 0.25) is 0 Å². The van der Waals surface area contributed by atoms with Gasteiger partial charge in [-0.2, -0.15) is 0 Å². The number of likely N-dealkylation sites (tertiary alicyclic amines) is 1. The number of hydrogen-bond donors (Lipinski definition) is 1. The number of amides is 1. The van der Waals surface area contributed by atoms with Crippen LogP contribution in [0.3, 0.4) is 0 Å². The van der Waals surface area contributed by atoms with Crippen LogP contribution in [0.15, 0.2) is 36.4 Å². The van der Waals surface area contributed by atoms with Gasteiger partial charge in [-0.3, -0.25) is 9.69 Å². The summed E-state index contributed by atoms with van der Waals surface area (Å²) >= 11 is 0. The van der Waals surface area contributed by atoms with Crippen molar-refractivity contribution in [1.29, 1.82) is 0 Å². The first-order chi connectivity index (χ1) is 15.0. The molecule has 0 radical (unpaired) electrons. The minimum Gasteiger partial charge on any atom is -0.497 e. The summed E-state index contributed by atoms with van der Waals surface area (Å²) in [6.07, 6.45) is 3.93. The predicted octanol–water partition coefficient (Wildman–Crippen LogP) is 4.63. The van der Waals surface area contributed by atoms with Gasteiger partial charge in [0.15, 0.2) is 0 Å². The molecule has 5 nitrogen and oxygen atoms in total. The van der Waals surface area contributed by atoms with Gasteiger partial charge >= 0.3 is 0 Å². The Morgan fingerprint density at radius 1 is 1.10 bits per heavy atom. The van der Waals surface area contributed by atoms with Gasteiger partial charge in [0, 0.05) is 37.7 Å². The smallest absolute Gasteiger partial charge is 0.220 e. The number of benzene rings is 2. The van der Waals surface area contributed by atoms with Gasteiger partial charge in [-0.25, -0.2) is 0 Å². The number of nitrogens with one attached hydrogen (secondary N) is 1. The van der Waals surface area contributed by atoms with Crippen LogP contribution in [-0.2, 0) is 17.9 Å². The third-order valence-corrected chi connectivity index (χ3v) is 6.25. The van der Waals surface area contributed by atoms with E-state index in [9.17, 15) is 4.79 Å². The summed E-state index contributed by atoms with van der Waals surface area (Å²) in [5.41, 5.74) is 5.06. The number of carbonyl (C=O) groups is 1. The first-order valence-corrected chi connectivity index (χ1v) is 11.2. The molecule has 1 aliphatic rings. The monoisotopic (exact) mass is 424 g/mol. The second-order valence-electron chi connectivity index (χ2n) is 8.67. The zero-order valence-corrected chi connectivity index (χ0v) is 19.4. The molecule has 168 valence electrons. The van der Waals surface area contributed by atoms with Crippen LogP contribution >= 0.6 is 0 Å². The fraction of sp³-hybridized carbons (Fsp3) is 0.500. The number of hydrogen-bond acceptors (Lipinski definition) is 4. The Labute approximate surface area is 186 Å². The SMILES string of the molecule is COc1ccc(CNC(=O)CC[C@H]2CCCN(Cc3cc(C)ccc3C)C2)c(OC)c1. The van der Waals surface area contributed by atoms with E-state index in [0.717, 1.165) is 43.1 Å². The summed E-state index contributed by atoms with van der Waals surface area (Å²) in [7, 11) is 3.26. The van der Waals surface area contributed by atoms with E-state index >= 15 is 0 Å². The Hall–Kier alpha value is -2.53. The lowest BCUT2D eigenvalue weighted by molar-refractivity contribution is -0.121. The van der Waals surface area contributed by atoms with Gasteiger partial charge in [-0.15, -0.1) is 0 Å². The van der Waals surface area contributed by atoms with Crippen molar-refractivity contribution in [1.82, 2.24) is 10.2 Å². The lowest BCUT2D eigenvalue weighted by atomic mass is 9.92. The Balaban J connectivity index is 1.45. The lowest BCUT2D eigenvalue weighted by Crippen LogP contribution is -2.35. The molecule has 1 aliphatic heterocycles. The quantitative estimate of drug-likeness (QED) is 0.638. The van der Waals surface area contributed by atoms with E-state index in [1.165, 1.54) is 29.5 Å². The van der Waals surface area contributed by atoms with Crippen LogP contribution in [-0.4, -0.2) is 38.1 Å². The largest absolute Gasteiger partial charge is 0.497 e. The van der Waals surface area contributed by atoms with Gasteiger partial charge in [0.25, 0.3) is 0 Å². The zero-order chi connectivity index (χ0) is 22.2. The van der Waals surface area contributed by atoms with Crippen molar-refractivity contribution in [3.63, 3.8) is 0 Å². The Morgan fingerprint density at radius 2 is 1.94 bits per heavy atom. The highest BCUT2D eigenvalue weighted by molar-refractivity contribution is 5.75. The number of piperidine rings is 1. The molecule has 1 atom stereocenters. The topological polar surface area (TPSA) is 50.8 Å². The molecule has 3 rings (SSSR count). The van der Waals surface area contributed by atoms with E-state index < -0.39 is 0 Å². The van der Waals surface area contributed by atoms with Crippen molar-refractivity contribution in [2.75, 3.05) is 27.3 Å². The van der Waals surface area contributed by atoms with Gasteiger partial charge in [0.2, 0.25) is 5.91 Å². The number of ether oxygens (including phenoxy) is 2. The molecule has 31 heavy (non-hydrogen) atoms. The molecular formula is C26H36N2O3. The van der Waals surface area contributed by atoms with Crippen LogP contribution < -0.4 is 14.8 Å². The predicted molar refractivity (Wildman–Crippen MR) is 125 cm³/mol. The van der Waals surface area contributed by atoms with Crippen LogP contribution in [0.25, 0.3) is 0 Å².